The lowest BCUT2D eigenvalue weighted by molar-refractivity contribution is -0.147. The molecule has 0 aliphatic carbocycles. The zero-order valence-electron chi connectivity index (χ0n) is 12.3. The lowest BCUT2D eigenvalue weighted by atomic mass is 10.1. The van der Waals surface area contributed by atoms with Crippen LogP contribution in [0.2, 0.25) is 0 Å². The lowest BCUT2D eigenvalue weighted by Gasteiger charge is -1.94. The van der Waals surface area contributed by atoms with Crippen LogP contribution in [0.4, 0.5) is 0 Å². The molecule has 118 valence electrons. The number of benzene rings is 2. The molecule has 0 saturated heterocycles. The van der Waals surface area contributed by atoms with Gasteiger partial charge in [0.05, 0.1) is 0 Å². The van der Waals surface area contributed by atoms with Crippen molar-refractivity contribution in [2.24, 2.45) is 0 Å². The fourth-order valence-electron chi connectivity index (χ4n) is 1.56. The topological polar surface area (TPSA) is 91.7 Å². The smallest absolute Gasteiger partial charge is 0.314 e. The van der Waals surface area contributed by atoms with Gasteiger partial charge in [-0.2, -0.15) is 0 Å². The Hall–Kier alpha value is -3.21. The number of hydrogen-bond donors (Lipinski definition) is 2. The maximum Gasteiger partial charge on any atom is 0.314 e. The minimum atomic E-state index is -1.31. The second kappa shape index (κ2) is 9.68. The standard InChI is InChI=1S/C15H12O.C3H4O4/c16-15(14-9-5-2-6-10-14)12-11-13-7-3-1-4-8-13;4-2(5)1-3(6)7/h1-12H;1H2,(H,4,5)(H,6,7)/b12-11+;. The quantitative estimate of drug-likeness (QED) is 0.503. The number of carbonyl (C=O) groups is 3. The lowest BCUT2D eigenvalue weighted by Crippen LogP contribution is -2.03. The van der Waals surface area contributed by atoms with Gasteiger partial charge in [0.15, 0.2) is 5.78 Å². The molecule has 0 radical (unpaired) electrons. The van der Waals surface area contributed by atoms with Crippen molar-refractivity contribution in [1.82, 2.24) is 0 Å². The summed E-state index contributed by atoms with van der Waals surface area (Å²) >= 11 is 0. The van der Waals surface area contributed by atoms with Gasteiger partial charge in [0.2, 0.25) is 0 Å². The summed E-state index contributed by atoms with van der Waals surface area (Å²) in [7, 11) is 0. The summed E-state index contributed by atoms with van der Waals surface area (Å²) in [6.45, 7) is 0. The minimum absolute atomic E-state index is 0.0319. The second-order valence-corrected chi connectivity index (χ2v) is 4.44. The van der Waals surface area contributed by atoms with E-state index in [4.69, 9.17) is 10.2 Å². The normalized spacial score (nSPS) is 9.74. The van der Waals surface area contributed by atoms with Crippen LogP contribution in [0.3, 0.4) is 0 Å². The van der Waals surface area contributed by atoms with Gasteiger partial charge in [-0.3, -0.25) is 14.4 Å². The van der Waals surface area contributed by atoms with Crippen LogP contribution in [0.1, 0.15) is 22.3 Å². The van der Waals surface area contributed by atoms with E-state index < -0.39 is 18.4 Å². The molecule has 23 heavy (non-hydrogen) atoms. The van der Waals surface area contributed by atoms with E-state index in [1.54, 1.807) is 6.08 Å². The predicted molar refractivity (Wildman–Crippen MR) is 86.1 cm³/mol. The molecule has 0 saturated carbocycles. The first-order chi connectivity index (χ1) is 11.0. The number of carboxylic acid groups (broad SMARTS) is 2. The first-order valence-corrected chi connectivity index (χ1v) is 6.75. The summed E-state index contributed by atoms with van der Waals surface area (Å²) in [5, 5.41) is 15.4. The Morgan fingerprint density at radius 3 is 1.70 bits per heavy atom. The molecule has 0 fully saturated rings. The maximum atomic E-state index is 11.7. The van der Waals surface area contributed by atoms with Crippen molar-refractivity contribution in [1.29, 1.82) is 0 Å². The first-order valence-electron chi connectivity index (χ1n) is 6.75. The van der Waals surface area contributed by atoms with Crippen molar-refractivity contribution in [2.45, 2.75) is 6.42 Å². The molecule has 0 unspecified atom stereocenters. The van der Waals surface area contributed by atoms with Crippen LogP contribution in [0.5, 0.6) is 0 Å². The molecule has 5 nitrogen and oxygen atoms in total. The highest BCUT2D eigenvalue weighted by Crippen LogP contribution is 2.05. The van der Waals surface area contributed by atoms with Crippen LogP contribution in [0, 0.1) is 0 Å². The van der Waals surface area contributed by atoms with Gasteiger partial charge in [-0.05, 0) is 11.6 Å². The molecule has 0 heterocycles. The third-order valence-electron chi connectivity index (χ3n) is 2.59. The van der Waals surface area contributed by atoms with Crippen LogP contribution in [0.25, 0.3) is 6.08 Å². The highest BCUT2D eigenvalue weighted by molar-refractivity contribution is 6.06. The Morgan fingerprint density at radius 1 is 0.783 bits per heavy atom. The van der Waals surface area contributed by atoms with E-state index >= 15 is 0 Å². The average Bonchev–Trinajstić information content (AvgIpc) is 2.54. The molecule has 0 aromatic heterocycles. The van der Waals surface area contributed by atoms with Gasteiger partial charge >= 0.3 is 11.9 Å². The van der Waals surface area contributed by atoms with E-state index in [9.17, 15) is 14.4 Å². The molecule has 0 atom stereocenters. The van der Waals surface area contributed by atoms with Gasteiger partial charge in [0, 0.05) is 5.56 Å². The summed E-state index contributed by atoms with van der Waals surface area (Å²) in [6, 6.07) is 19.1. The average molecular weight is 312 g/mol. The van der Waals surface area contributed by atoms with E-state index in [0.29, 0.717) is 0 Å². The van der Waals surface area contributed by atoms with Crippen LogP contribution in [-0.2, 0) is 9.59 Å². The first kappa shape index (κ1) is 17.8. The number of aliphatic carboxylic acids is 2. The van der Waals surface area contributed by atoms with Gasteiger partial charge < -0.3 is 10.2 Å². The zero-order valence-corrected chi connectivity index (χ0v) is 12.3. The molecule has 0 amide bonds. The summed E-state index contributed by atoms with van der Waals surface area (Å²) in [5.74, 6) is -2.59. The highest BCUT2D eigenvalue weighted by atomic mass is 16.4. The van der Waals surface area contributed by atoms with E-state index in [-0.39, 0.29) is 5.78 Å². The predicted octanol–water partition coefficient (Wildman–Crippen LogP) is 3.13. The van der Waals surface area contributed by atoms with Crippen LogP contribution in [-0.4, -0.2) is 27.9 Å². The molecule has 2 N–H and O–H groups in total. The van der Waals surface area contributed by atoms with Crippen LogP contribution < -0.4 is 0 Å². The minimum Gasteiger partial charge on any atom is -0.481 e. The van der Waals surface area contributed by atoms with Crippen molar-refractivity contribution >= 4 is 23.8 Å². The molecule has 2 aromatic rings. The summed E-state index contributed by atoms with van der Waals surface area (Å²) < 4.78 is 0. The van der Waals surface area contributed by atoms with Gasteiger partial charge in [0.25, 0.3) is 0 Å². The zero-order chi connectivity index (χ0) is 17.1. The Bertz CT molecular complexity index is 663. The van der Waals surface area contributed by atoms with E-state index in [1.807, 2.05) is 66.7 Å². The molecular weight excluding hydrogens is 296 g/mol. The van der Waals surface area contributed by atoms with E-state index in [0.717, 1.165) is 11.1 Å². The SMILES string of the molecule is O=C(/C=C/c1ccccc1)c1ccccc1.O=C(O)CC(=O)O. The largest absolute Gasteiger partial charge is 0.481 e. The van der Waals surface area contributed by atoms with Gasteiger partial charge in [-0.1, -0.05) is 66.7 Å². The Kier molecular flexibility index (Phi) is 7.51. The third kappa shape index (κ3) is 7.96. The number of carboxylic acids is 2. The monoisotopic (exact) mass is 312 g/mol. The van der Waals surface area contributed by atoms with Gasteiger partial charge in [0.1, 0.15) is 6.42 Å². The third-order valence-corrected chi connectivity index (χ3v) is 2.59. The van der Waals surface area contributed by atoms with Crippen molar-refractivity contribution in [3.63, 3.8) is 0 Å². The second-order valence-electron chi connectivity index (χ2n) is 4.44. The summed E-state index contributed by atoms with van der Waals surface area (Å²) in [5.41, 5.74) is 1.75. The Labute approximate surface area is 133 Å². The van der Waals surface area contributed by atoms with E-state index in [1.165, 1.54) is 0 Å². The number of carbonyl (C=O) groups excluding carboxylic acids is 1. The molecule has 0 aliphatic heterocycles. The number of allylic oxidation sites excluding steroid dienone is 1. The van der Waals surface area contributed by atoms with Gasteiger partial charge in [-0.15, -0.1) is 0 Å². The van der Waals surface area contributed by atoms with Gasteiger partial charge in [-0.25, -0.2) is 0 Å². The maximum absolute atomic E-state index is 11.7. The highest BCUT2D eigenvalue weighted by Gasteiger charge is 2.01. The summed E-state index contributed by atoms with van der Waals surface area (Å²) in [4.78, 5) is 30.6. The fraction of sp³-hybridized carbons (Fsp3) is 0.0556. The molecule has 0 bridgehead atoms. The summed E-state index contributed by atoms with van der Waals surface area (Å²) in [6.07, 6.45) is 2.62. The van der Waals surface area contributed by atoms with Crippen LogP contribution in [0.15, 0.2) is 66.7 Å². The Balaban J connectivity index is 0.000000322. The van der Waals surface area contributed by atoms with Crippen LogP contribution >= 0.6 is 0 Å². The molecule has 0 aliphatic rings. The van der Waals surface area contributed by atoms with Crippen molar-refractivity contribution in [3.8, 4) is 0 Å². The van der Waals surface area contributed by atoms with Crippen molar-refractivity contribution in [3.05, 3.63) is 77.9 Å². The molecule has 5 heteroatoms. The number of hydrogen-bond acceptors (Lipinski definition) is 3. The molecule has 2 rings (SSSR count). The van der Waals surface area contributed by atoms with Crippen molar-refractivity contribution < 1.29 is 24.6 Å². The van der Waals surface area contributed by atoms with E-state index in [2.05, 4.69) is 0 Å². The Morgan fingerprint density at radius 2 is 1.26 bits per heavy atom. The number of rotatable bonds is 5. The van der Waals surface area contributed by atoms with Crippen molar-refractivity contribution in [2.75, 3.05) is 0 Å². The molecular formula is C18H16O5. The number of ketones is 1. The fourth-order valence-corrected chi connectivity index (χ4v) is 1.56. The molecule has 2 aromatic carbocycles. The molecule has 0 spiro atoms.